The quantitative estimate of drug-likeness (QED) is 0.418. The van der Waals surface area contributed by atoms with E-state index in [1.807, 2.05) is 99.5 Å². The van der Waals surface area contributed by atoms with Crippen LogP contribution in [0.1, 0.15) is 44.6 Å². The minimum Gasteiger partial charge on any atom is -0.485 e. The first-order chi connectivity index (χ1) is 15.3. The van der Waals surface area contributed by atoms with Gasteiger partial charge in [0.25, 0.3) is 0 Å². The molecular formula is C25H32N4O2S. The molecule has 170 valence electrons. The molecule has 0 atom stereocenters. The van der Waals surface area contributed by atoms with Crippen molar-refractivity contribution < 1.29 is 9.53 Å². The highest BCUT2D eigenvalue weighted by molar-refractivity contribution is 7.99. The van der Waals surface area contributed by atoms with Gasteiger partial charge < -0.3 is 9.64 Å². The number of benzene rings is 2. The zero-order valence-electron chi connectivity index (χ0n) is 19.7. The highest BCUT2D eigenvalue weighted by Gasteiger charge is 2.22. The molecule has 2 aromatic carbocycles. The number of carbonyl (C=O) groups excluding carboxylic acids is 1. The van der Waals surface area contributed by atoms with Gasteiger partial charge in [0, 0.05) is 17.8 Å². The van der Waals surface area contributed by atoms with Crippen molar-refractivity contribution in [3.05, 3.63) is 65.5 Å². The Morgan fingerprint density at radius 2 is 1.59 bits per heavy atom. The zero-order valence-corrected chi connectivity index (χ0v) is 20.5. The Morgan fingerprint density at radius 3 is 2.19 bits per heavy atom. The first-order valence-corrected chi connectivity index (χ1v) is 11.9. The van der Waals surface area contributed by atoms with Gasteiger partial charge in [-0.15, -0.1) is 10.2 Å². The first kappa shape index (κ1) is 23.9. The van der Waals surface area contributed by atoms with Crippen LogP contribution in [0.5, 0.6) is 5.75 Å². The molecule has 0 fully saturated rings. The number of aromatic nitrogens is 3. The van der Waals surface area contributed by atoms with Crippen molar-refractivity contribution in [2.75, 3.05) is 5.75 Å². The standard InChI is InChI=1S/C25H32N4O2S/c1-17(2)28(18(3)4)23(30)16-32-25-27-26-22(29(25)21-13-8-7-9-14-21)15-31-24-19(5)11-10-12-20(24)6/h7-14,17-18H,15-16H2,1-6H3. The van der Waals surface area contributed by atoms with E-state index in [4.69, 9.17) is 4.74 Å². The predicted molar refractivity (Wildman–Crippen MR) is 129 cm³/mol. The summed E-state index contributed by atoms with van der Waals surface area (Å²) in [5.41, 5.74) is 3.11. The fourth-order valence-electron chi connectivity index (χ4n) is 3.86. The second-order valence-corrected chi connectivity index (χ2v) is 9.30. The Kier molecular flexibility index (Phi) is 7.96. The average Bonchev–Trinajstić information content (AvgIpc) is 3.15. The van der Waals surface area contributed by atoms with Gasteiger partial charge in [-0.05, 0) is 64.8 Å². The van der Waals surface area contributed by atoms with E-state index in [0.29, 0.717) is 16.7 Å². The molecule has 0 bridgehead atoms. The van der Waals surface area contributed by atoms with Crippen molar-refractivity contribution >= 4 is 17.7 Å². The molecule has 1 heterocycles. The third-order valence-corrected chi connectivity index (χ3v) is 6.11. The maximum absolute atomic E-state index is 12.9. The molecule has 6 nitrogen and oxygen atoms in total. The monoisotopic (exact) mass is 452 g/mol. The van der Waals surface area contributed by atoms with Crippen molar-refractivity contribution in [2.45, 2.75) is 65.4 Å². The average molecular weight is 453 g/mol. The van der Waals surface area contributed by atoms with Gasteiger partial charge >= 0.3 is 0 Å². The van der Waals surface area contributed by atoms with E-state index in [1.54, 1.807) is 0 Å². The normalized spacial score (nSPS) is 11.2. The molecule has 0 unspecified atom stereocenters. The molecule has 0 spiro atoms. The molecule has 0 N–H and O–H groups in total. The predicted octanol–water partition coefficient (Wildman–Crippen LogP) is 5.20. The minimum absolute atomic E-state index is 0.0935. The van der Waals surface area contributed by atoms with Crippen LogP contribution < -0.4 is 4.74 Å². The van der Waals surface area contributed by atoms with Gasteiger partial charge in [0.15, 0.2) is 11.0 Å². The summed E-state index contributed by atoms with van der Waals surface area (Å²) >= 11 is 1.40. The molecule has 0 saturated heterocycles. The summed E-state index contributed by atoms with van der Waals surface area (Å²) < 4.78 is 8.12. The van der Waals surface area contributed by atoms with Crippen LogP contribution in [0.4, 0.5) is 0 Å². The third-order valence-electron chi connectivity index (χ3n) is 5.19. The van der Waals surface area contributed by atoms with Crippen LogP contribution in [0.2, 0.25) is 0 Å². The summed E-state index contributed by atoms with van der Waals surface area (Å²) in [6.45, 7) is 12.5. The van der Waals surface area contributed by atoms with Crippen LogP contribution >= 0.6 is 11.8 Å². The first-order valence-electron chi connectivity index (χ1n) is 10.9. The Labute approximate surface area is 195 Å². The molecule has 32 heavy (non-hydrogen) atoms. The SMILES string of the molecule is Cc1cccc(C)c1OCc1nnc(SCC(=O)N(C(C)C)C(C)C)n1-c1ccccc1. The van der Waals surface area contributed by atoms with E-state index >= 15 is 0 Å². The molecule has 0 saturated carbocycles. The largest absolute Gasteiger partial charge is 0.485 e. The van der Waals surface area contributed by atoms with E-state index in [1.165, 1.54) is 11.8 Å². The van der Waals surface area contributed by atoms with Crippen molar-refractivity contribution in [2.24, 2.45) is 0 Å². The summed E-state index contributed by atoms with van der Waals surface area (Å²) in [5.74, 6) is 1.96. The Morgan fingerprint density at radius 1 is 0.969 bits per heavy atom. The molecule has 1 aromatic heterocycles. The summed E-state index contributed by atoms with van der Waals surface area (Å²) in [6.07, 6.45) is 0. The Balaban J connectivity index is 1.84. The second-order valence-electron chi connectivity index (χ2n) is 8.36. The van der Waals surface area contributed by atoms with E-state index in [-0.39, 0.29) is 24.6 Å². The molecule has 0 aliphatic rings. The Bertz CT molecular complexity index is 1020. The smallest absolute Gasteiger partial charge is 0.233 e. The second kappa shape index (κ2) is 10.7. The zero-order chi connectivity index (χ0) is 23.3. The molecule has 0 aliphatic heterocycles. The molecule has 3 aromatic rings. The van der Waals surface area contributed by atoms with Crippen LogP contribution in [-0.4, -0.2) is 43.4 Å². The van der Waals surface area contributed by atoms with Gasteiger partial charge in [0.1, 0.15) is 12.4 Å². The number of aryl methyl sites for hydroxylation is 2. The highest BCUT2D eigenvalue weighted by atomic mass is 32.2. The van der Waals surface area contributed by atoms with Crippen LogP contribution in [0.25, 0.3) is 5.69 Å². The fraction of sp³-hybridized carbons (Fsp3) is 0.400. The summed E-state index contributed by atoms with van der Waals surface area (Å²) in [7, 11) is 0. The summed E-state index contributed by atoms with van der Waals surface area (Å²) in [5, 5.41) is 9.48. The summed E-state index contributed by atoms with van der Waals surface area (Å²) in [4.78, 5) is 14.8. The number of hydrogen-bond donors (Lipinski definition) is 0. The number of rotatable bonds is 9. The lowest BCUT2D eigenvalue weighted by Crippen LogP contribution is -2.43. The van der Waals surface area contributed by atoms with Gasteiger partial charge in [-0.3, -0.25) is 9.36 Å². The molecule has 7 heteroatoms. The van der Waals surface area contributed by atoms with Crippen molar-refractivity contribution in [1.82, 2.24) is 19.7 Å². The minimum atomic E-state index is 0.0935. The van der Waals surface area contributed by atoms with E-state index in [9.17, 15) is 4.79 Å². The number of para-hydroxylation sites is 2. The van der Waals surface area contributed by atoms with Crippen molar-refractivity contribution in [3.8, 4) is 11.4 Å². The number of ether oxygens (including phenoxy) is 1. The topological polar surface area (TPSA) is 60.3 Å². The van der Waals surface area contributed by atoms with Gasteiger partial charge in [-0.1, -0.05) is 48.2 Å². The van der Waals surface area contributed by atoms with Crippen molar-refractivity contribution in [1.29, 1.82) is 0 Å². The molecule has 3 rings (SSSR count). The van der Waals surface area contributed by atoms with Crippen LogP contribution in [0, 0.1) is 13.8 Å². The van der Waals surface area contributed by atoms with E-state index in [2.05, 4.69) is 10.2 Å². The van der Waals surface area contributed by atoms with Crippen LogP contribution in [0.3, 0.4) is 0 Å². The van der Waals surface area contributed by atoms with E-state index in [0.717, 1.165) is 22.6 Å². The van der Waals surface area contributed by atoms with Gasteiger partial charge in [0.2, 0.25) is 5.91 Å². The third kappa shape index (κ3) is 5.51. The lowest BCUT2D eigenvalue weighted by atomic mass is 10.1. The lowest BCUT2D eigenvalue weighted by molar-refractivity contribution is -0.131. The van der Waals surface area contributed by atoms with E-state index < -0.39 is 0 Å². The number of hydrogen-bond acceptors (Lipinski definition) is 5. The maximum atomic E-state index is 12.9. The maximum Gasteiger partial charge on any atom is 0.233 e. The van der Waals surface area contributed by atoms with Crippen LogP contribution in [-0.2, 0) is 11.4 Å². The number of thioether (sulfide) groups is 1. The number of carbonyl (C=O) groups is 1. The lowest BCUT2D eigenvalue weighted by Gasteiger charge is -2.30. The fourth-order valence-corrected chi connectivity index (χ4v) is 4.70. The van der Waals surface area contributed by atoms with Crippen molar-refractivity contribution in [3.63, 3.8) is 0 Å². The van der Waals surface area contributed by atoms with Gasteiger partial charge in [-0.2, -0.15) is 0 Å². The highest BCUT2D eigenvalue weighted by Crippen LogP contribution is 2.26. The molecular weight excluding hydrogens is 420 g/mol. The van der Waals surface area contributed by atoms with Crippen LogP contribution in [0.15, 0.2) is 53.7 Å². The van der Waals surface area contributed by atoms with Gasteiger partial charge in [0.05, 0.1) is 5.75 Å². The molecule has 0 aliphatic carbocycles. The molecule has 1 amide bonds. The molecule has 0 radical (unpaired) electrons. The summed E-state index contributed by atoms with van der Waals surface area (Å²) in [6, 6.07) is 16.3. The number of nitrogens with zero attached hydrogens (tertiary/aromatic N) is 4. The number of amides is 1. The Hall–Kier alpha value is -2.80. The van der Waals surface area contributed by atoms with Gasteiger partial charge in [-0.25, -0.2) is 0 Å².